The molecule has 0 aliphatic rings. The van der Waals surface area contributed by atoms with Gasteiger partial charge in [0, 0.05) is 12.8 Å². The minimum atomic E-state index is -0.272. The first-order valence-corrected chi connectivity index (χ1v) is 6.49. The molecule has 0 heterocycles. The quantitative estimate of drug-likeness (QED) is 0.420. The Bertz CT molecular complexity index is 228. The molecule has 0 radical (unpaired) electrons. The average Bonchev–Trinajstić information content (AvgIpc) is 2.36. The summed E-state index contributed by atoms with van der Waals surface area (Å²) < 4.78 is 9.46. The number of carbonyl (C=O) groups excluding carboxylic acids is 2. The molecule has 19 heavy (non-hydrogen) atoms. The van der Waals surface area contributed by atoms with Gasteiger partial charge < -0.3 is 9.47 Å². The Morgan fingerprint density at radius 2 is 1.32 bits per heavy atom. The van der Waals surface area contributed by atoms with Crippen molar-refractivity contribution in [2.24, 2.45) is 0 Å². The molecule has 0 atom stereocenters. The first-order valence-electron chi connectivity index (χ1n) is 6.49. The Hall–Kier alpha value is -1.58. The molecule has 0 aromatic carbocycles. The SMILES string of the molecule is C=CC.C=CC.CCCC(=O)OCCOC(=O)CC. The Morgan fingerprint density at radius 3 is 1.63 bits per heavy atom. The third-order valence-electron chi connectivity index (χ3n) is 1.35. The first-order chi connectivity index (χ1) is 9.03. The molecule has 0 saturated heterocycles. The fourth-order valence-electron chi connectivity index (χ4n) is 0.689. The van der Waals surface area contributed by atoms with Crippen LogP contribution in [0.15, 0.2) is 25.3 Å². The second-order valence-electron chi connectivity index (χ2n) is 3.36. The van der Waals surface area contributed by atoms with Crippen molar-refractivity contribution < 1.29 is 19.1 Å². The zero-order valence-corrected chi connectivity index (χ0v) is 12.7. The van der Waals surface area contributed by atoms with Crippen LogP contribution in [0.4, 0.5) is 0 Å². The Kier molecular flexibility index (Phi) is 25.8. The summed E-state index contributed by atoms with van der Waals surface area (Å²) in [5.41, 5.74) is 0. The molecule has 4 nitrogen and oxygen atoms in total. The van der Waals surface area contributed by atoms with E-state index < -0.39 is 0 Å². The highest BCUT2D eigenvalue weighted by Gasteiger charge is 2.01. The molecule has 0 rings (SSSR count). The van der Waals surface area contributed by atoms with Crippen LogP contribution in [0.25, 0.3) is 0 Å². The van der Waals surface area contributed by atoms with Crippen LogP contribution < -0.4 is 0 Å². The average molecular weight is 272 g/mol. The maximum atomic E-state index is 10.8. The highest BCUT2D eigenvalue weighted by molar-refractivity contribution is 5.69. The van der Waals surface area contributed by atoms with Crippen LogP contribution in [0.1, 0.15) is 47.0 Å². The van der Waals surface area contributed by atoms with Crippen LogP contribution >= 0.6 is 0 Å². The largest absolute Gasteiger partial charge is 0.462 e. The van der Waals surface area contributed by atoms with Crippen LogP contribution in [0.3, 0.4) is 0 Å². The topological polar surface area (TPSA) is 52.6 Å². The summed E-state index contributed by atoms with van der Waals surface area (Å²) in [6, 6.07) is 0. The van der Waals surface area contributed by atoms with Gasteiger partial charge in [0.15, 0.2) is 0 Å². The first kappa shape index (κ1) is 22.6. The predicted octanol–water partition coefficient (Wildman–Crippen LogP) is 3.67. The van der Waals surface area contributed by atoms with E-state index in [-0.39, 0.29) is 25.2 Å². The summed E-state index contributed by atoms with van der Waals surface area (Å²) in [7, 11) is 0. The molecule has 0 aromatic heterocycles. The van der Waals surface area contributed by atoms with E-state index in [9.17, 15) is 9.59 Å². The summed E-state index contributed by atoms with van der Waals surface area (Å²) >= 11 is 0. The zero-order chi connectivity index (χ0) is 15.5. The fraction of sp³-hybridized carbons (Fsp3) is 0.600. The smallest absolute Gasteiger partial charge is 0.305 e. The lowest BCUT2D eigenvalue weighted by molar-refractivity contribution is -0.152. The molecule has 0 aromatic rings. The summed E-state index contributed by atoms with van der Waals surface area (Å²) in [6.45, 7) is 14.4. The maximum Gasteiger partial charge on any atom is 0.305 e. The van der Waals surface area contributed by atoms with Crippen molar-refractivity contribution in [1.82, 2.24) is 0 Å². The van der Waals surface area contributed by atoms with E-state index in [1.807, 2.05) is 20.8 Å². The second-order valence-corrected chi connectivity index (χ2v) is 3.36. The normalized spacial score (nSPS) is 7.79. The lowest BCUT2D eigenvalue weighted by Crippen LogP contribution is -2.12. The third-order valence-corrected chi connectivity index (χ3v) is 1.35. The lowest BCUT2D eigenvalue weighted by atomic mass is 10.3. The third kappa shape index (κ3) is 31.4. The van der Waals surface area contributed by atoms with Crippen molar-refractivity contribution in [2.45, 2.75) is 47.0 Å². The van der Waals surface area contributed by atoms with Gasteiger partial charge in [-0.2, -0.15) is 0 Å². The Balaban J connectivity index is -0.000000360. The number of carbonyl (C=O) groups is 2. The summed E-state index contributed by atoms with van der Waals surface area (Å²) in [5, 5.41) is 0. The minimum Gasteiger partial charge on any atom is -0.462 e. The van der Waals surface area contributed by atoms with Crippen LogP contribution in [-0.4, -0.2) is 25.2 Å². The Labute approximate surface area is 117 Å². The van der Waals surface area contributed by atoms with Gasteiger partial charge in [-0.15, -0.1) is 13.2 Å². The van der Waals surface area contributed by atoms with Gasteiger partial charge in [0.05, 0.1) is 0 Å². The van der Waals surface area contributed by atoms with Crippen LogP contribution in [-0.2, 0) is 19.1 Å². The zero-order valence-electron chi connectivity index (χ0n) is 12.7. The minimum absolute atomic E-state index is 0.155. The highest BCUT2D eigenvalue weighted by atomic mass is 16.6. The molecular weight excluding hydrogens is 244 g/mol. The molecule has 0 spiro atoms. The van der Waals surface area contributed by atoms with E-state index in [2.05, 4.69) is 13.2 Å². The van der Waals surface area contributed by atoms with Crippen molar-refractivity contribution in [3.05, 3.63) is 25.3 Å². The van der Waals surface area contributed by atoms with Crippen LogP contribution in [0, 0.1) is 0 Å². The van der Waals surface area contributed by atoms with Crippen molar-refractivity contribution in [3.63, 3.8) is 0 Å². The summed E-state index contributed by atoms with van der Waals surface area (Å²) in [4.78, 5) is 21.4. The van der Waals surface area contributed by atoms with Crippen LogP contribution in [0.5, 0.6) is 0 Å². The molecule has 112 valence electrons. The molecule has 4 heteroatoms. The van der Waals surface area contributed by atoms with Gasteiger partial charge in [0.1, 0.15) is 13.2 Å². The van der Waals surface area contributed by atoms with E-state index in [1.54, 1.807) is 19.1 Å². The maximum absolute atomic E-state index is 10.8. The van der Waals surface area contributed by atoms with Gasteiger partial charge in [-0.25, -0.2) is 0 Å². The van der Waals surface area contributed by atoms with Gasteiger partial charge in [-0.05, 0) is 20.3 Å². The molecular formula is C15H28O4. The van der Waals surface area contributed by atoms with Gasteiger partial charge in [-0.3, -0.25) is 9.59 Å². The van der Waals surface area contributed by atoms with Crippen molar-refractivity contribution in [3.8, 4) is 0 Å². The molecule has 0 aliphatic heterocycles. The number of rotatable bonds is 6. The van der Waals surface area contributed by atoms with E-state index in [1.165, 1.54) is 0 Å². The lowest BCUT2D eigenvalue weighted by Gasteiger charge is -2.04. The molecule has 0 saturated carbocycles. The van der Waals surface area contributed by atoms with Crippen molar-refractivity contribution in [1.29, 1.82) is 0 Å². The number of ether oxygens (including phenoxy) is 2. The highest BCUT2D eigenvalue weighted by Crippen LogP contribution is 1.91. The van der Waals surface area contributed by atoms with E-state index in [0.29, 0.717) is 12.8 Å². The van der Waals surface area contributed by atoms with Gasteiger partial charge in [-0.1, -0.05) is 26.0 Å². The molecule has 0 bridgehead atoms. The second kappa shape index (κ2) is 21.7. The number of allylic oxidation sites excluding steroid dienone is 2. The molecule has 0 amide bonds. The molecule has 0 N–H and O–H groups in total. The molecule has 0 aliphatic carbocycles. The van der Waals surface area contributed by atoms with E-state index in [0.717, 1.165) is 6.42 Å². The Morgan fingerprint density at radius 1 is 0.947 bits per heavy atom. The number of esters is 2. The molecule has 0 fully saturated rings. The summed E-state index contributed by atoms with van der Waals surface area (Å²) in [6.07, 6.45) is 5.04. The van der Waals surface area contributed by atoms with Gasteiger partial charge in [0.2, 0.25) is 0 Å². The number of hydrogen-bond donors (Lipinski definition) is 0. The van der Waals surface area contributed by atoms with E-state index >= 15 is 0 Å². The van der Waals surface area contributed by atoms with Crippen molar-refractivity contribution in [2.75, 3.05) is 13.2 Å². The number of hydrogen-bond acceptors (Lipinski definition) is 4. The van der Waals surface area contributed by atoms with Gasteiger partial charge in [0.25, 0.3) is 0 Å². The van der Waals surface area contributed by atoms with Crippen LogP contribution in [0.2, 0.25) is 0 Å². The standard InChI is InChI=1S/C9H16O4.2C3H6/c1-3-5-9(11)13-7-6-12-8(10)4-2;2*1-3-2/h3-7H2,1-2H3;2*3H,1H2,2H3. The summed E-state index contributed by atoms with van der Waals surface area (Å²) in [5.74, 6) is -0.512. The fourth-order valence-corrected chi connectivity index (χ4v) is 0.689. The molecule has 0 unspecified atom stereocenters. The van der Waals surface area contributed by atoms with Gasteiger partial charge >= 0.3 is 11.9 Å². The monoisotopic (exact) mass is 272 g/mol. The van der Waals surface area contributed by atoms with Crippen molar-refractivity contribution >= 4 is 11.9 Å². The predicted molar refractivity (Wildman–Crippen MR) is 78.9 cm³/mol. The van der Waals surface area contributed by atoms with E-state index in [4.69, 9.17) is 9.47 Å².